The van der Waals surface area contributed by atoms with E-state index in [2.05, 4.69) is 48.5 Å². The van der Waals surface area contributed by atoms with Crippen LogP contribution in [0.15, 0.2) is 103 Å². The molecule has 35 heavy (non-hydrogen) atoms. The van der Waals surface area contributed by atoms with Gasteiger partial charge in [-0.2, -0.15) is 0 Å². The zero-order valence-electron chi connectivity index (χ0n) is 19.5. The lowest BCUT2D eigenvalue weighted by Crippen LogP contribution is -2.31. The minimum atomic E-state index is -1.17. The highest BCUT2D eigenvalue weighted by Gasteiger charge is 2.32. The van der Waals surface area contributed by atoms with E-state index in [1.165, 1.54) is 22.3 Å². The number of ketones is 2. The van der Waals surface area contributed by atoms with E-state index < -0.39 is 4.87 Å². The standard InChI is InChI=1S/C18H16Cl2O2.C13H10/c1-18(20,12-19)17(22)15-10-6-5-9-14(15)11-16(21)13-7-3-2-4-8-13;1-3-7-12-10(5-1)9-11-6-2-4-8-13(11)12/h2-10H,11-12H2,1H3;1-8H,9H2. The number of carbonyl (C=O) groups excluding carboxylic acids is 2. The molecule has 1 atom stereocenters. The first-order valence-electron chi connectivity index (χ1n) is 11.5. The minimum absolute atomic E-state index is 0.00829. The van der Waals surface area contributed by atoms with E-state index in [1.54, 1.807) is 43.3 Å². The lowest BCUT2D eigenvalue weighted by Gasteiger charge is -2.19. The van der Waals surface area contributed by atoms with Gasteiger partial charge in [-0.1, -0.05) is 103 Å². The highest BCUT2D eigenvalue weighted by Crippen LogP contribution is 2.35. The monoisotopic (exact) mass is 500 g/mol. The molecule has 0 amide bonds. The van der Waals surface area contributed by atoms with Crippen LogP contribution in [0.2, 0.25) is 0 Å². The Hall–Kier alpha value is -3.20. The van der Waals surface area contributed by atoms with Gasteiger partial charge in [0.1, 0.15) is 4.87 Å². The highest BCUT2D eigenvalue weighted by atomic mass is 35.5. The Bertz CT molecular complexity index is 1300. The molecular weight excluding hydrogens is 475 g/mol. The lowest BCUT2D eigenvalue weighted by molar-refractivity contribution is 0.0955. The van der Waals surface area contributed by atoms with E-state index in [4.69, 9.17) is 23.2 Å². The fraction of sp³-hybridized carbons (Fsp3) is 0.161. The first kappa shape index (κ1) is 24.9. The number of alkyl halides is 2. The van der Waals surface area contributed by atoms with Crippen molar-refractivity contribution in [1.29, 1.82) is 0 Å². The van der Waals surface area contributed by atoms with E-state index in [9.17, 15) is 9.59 Å². The van der Waals surface area contributed by atoms with Crippen molar-refractivity contribution in [3.63, 3.8) is 0 Å². The summed E-state index contributed by atoms with van der Waals surface area (Å²) >= 11 is 11.9. The molecule has 1 unspecified atom stereocenters. The molecule has 0 radical (unpaired) electrons. The number of hydrogen-bond acceptors (Lipinski definition) is 2. The van der Waals surface area contributed by atoms with Crippen molar-refractivity contribution in [1.82, 2.24) is 0 Å². The molecule has 4 heteroatoms. The number of rotatable bonds is 6. The second kappa shape index (κ2) is 11.0. The molecule has 0 bridgehead atoms. The maximum Gasteiger partial charge on any atom is 0.184 e. The summed E-state index contributed by atoms with van der Waals surface area (Å²) in [6, 6.07) is 33.3. The first-order chi connectivity index (χ1) is 16.9. The van der Waals surface area contributed by atoms with Crippen molar-refractivity contribution in [2.45, 2.75) is 24.6 Å². The van der Waals surface area contributed by atoms with Gasteiger partial charge in [0.25, 0.3) is 0 Å². The number of hydrogen-bond donors (Lipinski definition) is 0. The normalized spacial score (nSPS) is 13.0. The second-order valence-electron chi connectivity index (χ2n) is 8.77. The maximum absolute atomic E-state index is 12.5. The van der Waals surface area contributed by atoms with Gasteiger partial charge >= 0.3 is 0 Å². The van der Waals surface area contributed by atoms with Gasteiger partial charge in [-0.3, -0.25) is 9.59 Å². The molecular formula is C31H26Cl2O2. The largest absolute Gasteiger partial charge is 0.294 e. The van der Waals surface area contributed by atoms with Crippen LogP contribution in [-0.4, -0.2) is 22.3 Å². The summed E-state index contributed by atoms with van der Waals surface area (Å²) in [5.41, 5.74) is 7.49. The van der Waals surface area contributed by atoms with E-state index in [-0.39, 0.29) is 23.9 Å². The fourth-order valence-corrected chi connectivity index (χ4v) is 4.44. The Balaban J connectivity index is 0.000000186. The predicted molar refractivity (Wildman–Crippen MR) is 145 cm³/mol. The summed E-state index contributed by atoms with van der Waals surface area (Å²) in [7, 11) is 0. The Morgan fingerprint density at radius 3 is 1.86 bits per heavy atom. The van der Waals surface area contributed by atoms with Gasteiger partial charge < -0.3 is 0 Å². The molecule has 176 valence electrons. The van der Waals surface area contributed by atoms with Gasteiger partial charge in [0, 0.05) is 23.4 Å². The Kier molecular flexibility index (Phi) is 7.85. The maximum atomic E-state index is 12.5. The third-order valence-electron chi connectivity index (χ3n) is 6.14. The fourth-order valence-electron chi connectivity index (χ4n) is 4.22. The summed E-state index contributed by atoms with van der Waals surface area (Å²) in [5.74, 6) is -0.294. The third kappa shape index (κ3) is 5.73. The van der Waals surface area contributed by atoms with Crippen LogP contribution < -0.4 is 0 Å². The molecule has 2 nitrogen and oxygen atoms in total. The van der Waals surface area contributed by atoms with Crippen LogP contribution in [0.25, 0.3) is 11.1 Å². The van der Waals surface area contributed by atoms with Gasteiger partial charge in [0.15, 0.2) is 11.6 Å². The third-order valence-corrected chi connectivity index (χ3v) is 7.12. The van der Waals surface area contributed by atoms with E-state index in [0.717, 1.165) is 6.42 Å². The zero-order chi connectivity index (χ0) is 24.8. The lowest BCUT2D eigenvalue weighted by atomic mass is 9.92. The van der Waals surface area contributed by atoms with Crippen LogP contribution in [0, 0.1) is 0 Å². The van der Waals surface area contributed by atoms with Gasteiger partial charge in [0.05, 0.1) is 0 Å². The van der Waals surface area contributed by atoms with Gasteiger partial charge in [-0.25, -0.2) is 0 Å². The number of carbonyl (C=O) groups is 2. The molecule has 1 aliphatic carbocycles. The molecule has 0 aromatic heterocycles. The SMILES string of the molecule is CC(Cl)(CCl)C(=O)c1ccccc1CC(=O)c1ccccc1.c1ccc2c(c1)Cc1ccccc1-2. The number of fused-ring (bicyclic) bond motifs is 3. The quantitative estimate of drug-likeness (QED) is 0.176. The van der Waals surface area contributed by atoms with Gasteiger partial charge in [0.2, 0.25) is 0 Å². The smallest absolute Gasteiger partial charge is 0.184 e. The first-order valence-corrected chi connectivity index (χ1v) is 12.4. The Labute approximate surface area is 216 Å². The van der Waals surface area contributed by atoms with Crippen LogP contribution >= 0.6 is 23.2 Å². The Morgan fingerprint density at radius 1 is 0.743 bits per heavy atom. The molecule has 4 aromatic rings. The molecule has 0 spiro atoms. The molecule has 0 heterocycles. The predicted octanol–water partition coefficient (Wildman–Crippen LogP) is 7.79. The molecule has 0 N–H and O–H groups in total. The minimum Gasteiger partial charge on any atom is -0.294 e. The van der Waals surface area contributed by atoms with Crippen LogP contribution in [0.3, 0.4) is 0 Å². The summed E-state index contributed by atoms with van der Waals surface area (Å²) in [4.78, 5) is 23.7. The van der Waals surface area contributed by atoms with Gasteiger partial charge in [-0.15, -0.1) is 23.2 Å². The van der Waals surface area contributed by atoms with Crippen molar-refractivity contribution in [3.05, 3.63) is 131 Å². The molecule has 0 fully saturated rings. The van der Waals surface area contributed by atoms with Crippen molar-refractivity contribution >= 4 is 34.8 Å². The average molecular weight is 501 g/mol. The average Bonchev–Trinajstić information content (AvgIpc) is 3.28. The Morgan fingerprint density at radius 2 is 1.26 bits per heavy atom. The number of halogens is 2. The summed E-state index contributed by atoms with van der Waals surface area (Å²) < 4.78 is 0. The van der Waals surface area contributed by atoms with Crippen LogP contribution in [0.4, 0.5) is 0 Å². The molecule has 1 aliphatic rings. The van der Waals surface area contributed by atoms with Crippen molar-refractivity contribution in [2.75, 3.05) is 5.88 Å². The summed E-state index contributed by atoms with van der Waals surface area (Å²) in [6.07, 6.45) is 1.26. The molecule has 5 rings (SSSR count). The van der Waals surface area contributed by atoms with Crippen LogP contribution in [-0.2, 0) is 12.8 Å². The number of benzene rings is 4. The molecule has 0 saturated heterocycles. The topological polar surface area (TPSA) is 34.1 Å². The van der Waals surface area contributed by atoms with Crippen molar-refractivity contribution in [3.8, 4) is 11.1 Å². The van der Waals surface area contributed by atoms with Crippen LogP contribution in [0.1, 0.15) is 44.3 Å². The van der Waals surface area contributed by atoms with Crippen molar-refractivity contribution in [2.24, 2.45) is 0 Å². The van der Waals surface area contributed by atoms with E-state index in [1.807, 2.05) is 18.2 Å². The van der Waals surface area contributed by atoms with E-state index in [0.29, 0.717) is 16.7 Å². The second-order valence-corrected chi connectivity index (χ2v) is 9.88. The summed E-state index contributed by atoms with van der Waals surface area (Å²) in [6.45, 7) is 1.58. The van der Waals surface area contributed by atoms with Crippen LogP contribution in [0.5, 0.6) is 0 Å². The summed E-state index contributed by atoms with van der Waals surface area (Å²) in [5, 5.41) is 0. The number of Topliss-reactive ketones (excluding diaryl/α,β-unsaturated/α-hetero) is 2. The molecule has 4 aromatic carbocycles. The van der Waals surface area contributed by atoms with E-state index >= 15 is 0 Å². The molecule has 0 aliphatic heterocycles. The zero-order valence-corrected chi connectivity index (χ0v) is 21.0. The molecule has 0 saturated carbocycles. The van der Waals surface area contributed by atoms with Crippen molar-refractivity contribution < 1.29 is 9.59 Å². The van der Waals surface area contributed by atoms with Gasteiger partial charge in [-0.05, 0) is 41.2 Å². The highest BCUT2D eigenvalue weighted by molar-refractivity contribution is 6.42.